The fourth-order valence-electron chi connectivity index (χ4n) is 1.20. The fourth-order valence-corrected chi connectivity index (χ4v) is 1.20. The summed E-state index contributed by atoms with van der Waals surface area (Å²) in [5, 5.41) is 0. The molecule has 4 nitrogen and oxygen atoms in total. The summed E-state index contributed by atoms with van der Waals surface area (Å²) < 4.78 is 45.1. The molecule has 2 atom stereocenters. The molecular weight excluding hydrogens is 229 g/mol. The van der Waals surface area contributed by atoms with Gasteiger partial charge in [0, 0.05) is 6.42 Å². The predicted molar refractivity (Wildman–Crippen MR) is 45.3 cm³/mol. The zero-order valence-electron chi connectivity index (χ0n) is 8.54. The number of ether oxygens (including phenoxy) is 2. The van der Waals surface area contributed by atoms with Crippen molar-refractivity contribution in [2.24, 2.45) is 0 Å². The third-order valence-corrected chi connectivity index (χ3v) is 2.01. The quantitative estimate of drug-likeness (QED) is 0.553. The summed E-state index contributed by atoms with van der Waals surface area (Å²) in [5.41, 5.74) is 0. The van der Waals surface area contributed by atoms with E-state index >= 15 is 0 Å². The van der Waals surface area contributed by atoms with Gasteiger partial charge in [-0.1, -0.05) is 6.92 Å². The van der Waals surface area contributed by atoms with Crippen LogP contribution in [0.15, 0.2) is 0 Å². The van der Waals surface area contributed by atoms with Gasteiger partial charge in [-0.3, -0.25) is 9.59 Å². The number of esters is 2. The Morgan fingerprint density at radius 3 is 2.44 bits per heavy atom. The number of halogens is 3. The first-order valence-corrected chi connectivity index (χ1v) is 4.80. The van der Waals surface area contributed by atoms with Gasteiger partial charge >= 0.3 is 18.0 Å². The average molecular weight is 240 g/mol. The number of hydrogen-bond acceptors (Lipinski definition) is 4. The predicted octanol–water partition coefficient (Wildman–Crippen LogP) is 1.58. The lowest BCUT2D eigenvalue weighted by Crippen LogP contribution is -2.57. The van der Waals surface area contributed by atoms with Crippen LogP contribution in [-0.2, 0) is 19.1 Å². The van der Waals surface area contributed by atoms with Crippen molar-refractivity contribution in [2.45, 2.75) is 44.6 Å². The number of rotatable bonds is 4. The van der Waals surface area contributed by atoms with Gasteiger partial charge in [0.15, 0.2) is 0 Å². The van der Waals surface area contributed by atoms with E-state index in [4.69, 9.17) is 0 Å². The van der Waals surface area contributed by atoms with Crippen LogP contribution >= 0.6 is 0 Å². The van der Waals surface area contributed by atoms with Gasteiger partial charge in [-0.2, -0.15) is 8.78 Å². The van der Waals surface area contributed by atoms with Crippen molar-refractivity contribution in [1.29, 1.82) is 0 Å². The Bertz CT molecular complexity index is 292. The summed E-state index contributed by atoms with van der Waals surface area (Å²) in [6.45, 7) is 1.71. The van der Waals surface area contributed by atoms with Crippen molar-refractivity contribution >= 4 is 11.9 Å². The summed E-state index contributed by atoms with van der Waals surface area (Å²) in [7, 11) is 0. The standard InChI is InChI=1S/C9H11F3O4/c1-2-3-6(13)15-7(14)4-5-8(10)9(11,12)16-5/h5,8H,2-4H2,1H3. The highest BCUT2D eigenvalue weighted by Crippen LogP contribution is 2.40. The van der Waals surface area contributed by atoms with Gasteiger partial charge in [0.2, 0.25) is 6.17 Å². The smallest absolute Gasteiger partial charge is 0.389 e. The molecule has 1 rings (SSSR count). The summed E-state index contributed by atoms with van der Waals surface area (Å²) in [6.07, 6.45) is -8.04. The molecule has 1 fully saturated rings. The van der Waals surface area contributed by atoms with Crippen LogP contribution in [0.25, 0.3) is 0 Å². The molecule has 1 heterocycles. The van der Waals surface area contributed by atoms with E-state index < -0.39 is 36.7 Å². The Morgan fingerprint density at radius 2 is 2.00 bits per heavy atom. The molecule has 1 saturated heterocycles. The summed E-state index contributed by atoms with van der Waals surface area (Å²) >= 11 is 0. The molecule has 1 aliphatic heterocycles. The van der Waals surface area contributed by atoms with Gasteiger partial charge in [0.25, 0.3) is 0 Å². The zero-order chi connectivity index (χ0) is 12.3. The van der Waals surface area contributed by atoms with E-state index in [2.05, 4.69) is 9.47 Å². The third-order valence-electron chi connectivity index (χ3n) is 2.01. The van der Waals surface area contributed by atoms with E-state index in [0.717, 1.165) is 0 Å². The lowest BCUT2D eigenvalue weighted by Gasteiger charge is -2.37. The highest BCUT2D eigenvalue weighted by atomic mass is 19.3. The molecule has 1 aliphatic rings. The lowest BCUT2D eigenvalue weighted by atomic mass is 10.1. The Labute approximate surface area is 89.7 Å². The van der Waals surface area contributed by atoms with Crippen molar-refractivity contribution in [2.75, 3.05) is 0 Å². The van der Waals surface area contributed by atoms with Crippen LogP contribution < -0.4 is 0 Å². The van der Waals surface area contributed by atoms with Crippen LogP contribution in [0.4, 0.5) is 13.2 Å². The van der Waals surface area contributed by atoms with E-state index in [1.54, 1.807) is 6.92 Å². The van der Waals surface area contributed by atoms with Gasteiger partial charge in [-0.05, 0) is 6.42 Å². The molecule has 92 valence electrons. The van der Waals surface area contributed by atoms with Gasteiger partial charge in [-0.15, -0.1) is 0 Å². The zero-order valence-corrected chi connectivity index (χ0v) is 8.54. The molecule has 0 aromatic rings. The Hall–Kier alpha value is -1.11. The maximum Gasteiger partial charge on any atom is 0.389 e. The normalized spacial score (nSPS) is 27.0. The summed E-state index contributed by atoms with van der Waals surface area (Å²) in [5.74, 6) is -1.81. The molecule has 0 bridgehead atoms. The molecule has 0 amide bonds. The highest BCUT2D eigenvalue weighted by molar-refractivity contribution is 5.85. The maximum absolute atomic E-state index is 12.6. The van der Waals surface area contributed by atoms with Crippen molar-refractivity contribution in [3.05, 3.63) is 0 Å². The molecule has 0 aromatic heterocycles. The van der Waals surface area contributed by atoms with Crippen LogP contribution in [-0.4, -0.2) is 30.3 Å². The van der Waals surface area contributed by atoms with Gasteiger partial charge in [0.1, 0.15) is 6.10 Å². The Morgan fingerprint density at radius 1 is 1.38 bits per heavy atom. The Kier molecular flexibility index (Phi) is 3.90. The minimum atomic E-state index is -3.83. The molecule has 7 heteroatoms. The second-order valence-electron chi connectivity index (χ2n) is 3.42. The van der Waals surface area contributed by atoms with E-state index in [-0.39, 0.29) is 6.42 Å². The number of alkyl halides is 3. The fraction of sp³-hybridized carbons (Fsp3) is 0.778. The van der Waals surface area contributed by atoms with E-state index in [1.807, 2.05) is 0 Å². The average Bonchev–Trinajstić information content (AvgIpc) is 2.16. The first kappa shape index (κ1) is 13.0. The molecule has 0 N–H and O–H groups in total. The largest absolute Gasteiger partial charge is 0.393 e. The van der Waals surface area contributed by atoms with Gasteiger partial charge in [0.05, 0.1) is 6.42 Å². The third kappa shape index (κ3) is 2.94. The first-order chi connectivity index (χ1) is 7.36. The Balaban J connectivity index is 2.29. The molecule has 0 aromatic carbocycles. The van der Waals surface area contributed by atoms with Crippen LogP contribution in [0.3, 0.4) is 0 Å². The lowest BCUT2D eigenvalue weighted by molar-refractivity contribution is -0.392. The van der Waals surface area contributed by atoms with E-state index in [0.29, 0.717) is 6.42 Å². The van der Waals surface area contributed by atoms with E-state index in [1.165, 1.54) is 0 Å². The SMILES string of the molecule is CCCC(=O)OC(=O)CC1OC(F)(F)C1F. The van der Waals surface area contributed by atoms with Crippen molar-refractivity contribution < 1.29 is 32.2 Å². The topological polar surface area (TPSA) is 52.6 Å². The minimum Gasteiger partial charge on any atom is -0.393 e. The van der Waals surface area contributed by atoms with Crippen LogP contribution in [0.2, 0.25) is 0 Å². The summed E-state index contributed by atoms with van der Waals surface area (Å²) in [4.78, 5) is 21.8. The molecule has 0 saturated carbocycles. The molecule has 16 heavy (non-hydrogen) atoms. The maximum atomic E-state index is 12.6. The van der Waals surface area contributed by atoms with Crippen molar-refractivity contribution in [3.63, 3.8) is 0 Å². The molecule has 2 unspecified atom stereocenters. The monoisotopic (exact) mass is 240 g/mol. The molecular formula is C9H11F3O4. The van der Waals surface area contributed by atoms with Crippen molar-refractivity contribution in [1.82, 2.24) is 0 Å². The highest BCUT2D eigenvalue weighted by Gasteiger charge is 2.59. The van der Waals surface area contributed by atoms with E-state index in [9.17, 15) is 22.8 Å². The number of hydrogen-bond donors (Lipinski definition) is 0. The minimum absolute atomic E-state index is 0.0481. The van der Waals surface area contributed by atoms with Crippen LogP contribution in [0.1, 0.15) is 26.2 Å². The van der Waals surface area contributed by atoms with Crippen LogP contribution in [0, 0.1) is 0 Å². The summed E-state index contributed by atoms with van der Waals surface area (Å²) in [6, 6.07) is 0. The second kappa shape index (κ2) is 4.82. The first-order valence-electron chi connectivity index (χ1n) is 4.80. The number of carbonyl (C=O) groups is 2. The molecule has 0 spiro atoms. The van der Waals surface area contributed by atoms with Crippen molar-refractivity contribution in [3.8, 4) is 0 Å². The number of carbonyl (C=O) groups excluding carboxylic acids is 2. The second-order valence-corrected chi connectivity index (χ2v) is 3.42. The van der Waals surface area contributed by atoms with Gasteiger partial charge < -0.3 is 9.47 Å². The van der Waals surface area contributed by atoms with Crippen LogP contribution in [0.5, 0.6) is 0 Å². The molecule has 0 radical (unpaired) electrons. The molecule has 0 aliphatic carbocycles. The van der Waals surface area contributed by atoms with Gasteiger partial charge in [-0.25, -0.2) is 4.39 Å².